The first-order chi connectivity index (χ1) is 12.7. The molecule has 2 rings (SSSR count). The van der Waals surface area contributed by atoms with Crippen LogP contribution in [0.2, 0.25) is 0 Å². The summed E-state index contributed by atoms with van der Waals surface area (Å²) in [5.41, 5.74) is -2.54. The first-order valence-electron chi connectivity index (χ1n) is 7.98. The molecule has 2 aromatic carbocycles. The van der Waals surface area contributed by atoms with Gasteiger partial charge in [-0.3, -0.25) is 4.90 Å². The molecule has 0 heterocycles. The van der Waals surface area contributed by atoms with Crippen molar-refractivity contribution < 1.29 is 32.6 Å². The zero-order chi connectivity index (χ0) is 20.1. The Morgan fingerprint density at radius 1 is 0.963 bits per heavy atom. The van der Waals surface area contributed by atoms with Crippen LogP contribution in [-0.2, 0) is 22.7 Å². The summed E-state index contributed by atoms with van der Waals surface area (Å²) in [6, 6.07) is 16.2. The van der Waals surface area contributed by atoms with Gasteiger partial charge in [-0.05, 0) is 18.1 Å². The SMILES string of the molecule is CC(C(=O)O)(N(Cc1ccccc1)C(=O)OCc1ccccc1)C(F)(F)F. The molecule has 0 aliphatic rings. The summed E-state index contributed by atoms with van der Waals surface area (Å²) in [4.78, 5) is 24.2. The number of carboxylic acids is 1. The molecular formula is C19H18F3NO4. The molecule has 0 saturated carbocycles. The summed E-state index contributed by atoms with van der Waals surface area (Å²) in [5.74, 6) is -2.19. The normalized spacial score (nSPS) is 13.5. The molecule has 0 radical (unpaired) electrons. The number of halogens is 3. The zero-order valence-electron chi connectivity index (χ0n) is 14.4. The maximum absolute atomic E-state index is 13.6. The van der Waals surface area contributed by atoms with Gasteiger partial charge in [-0.25, -0.2) is 9.59 Å². The van der Waals surface area contributed by atoms with E-state index in [0.29, 0.717) is 18.1 Å². The molecule has 0 spiro atoms. The Kier molecular flexibility index (Phi) is 6.09. The van der Waals surface area contributed by atoms with E-state index in [1.807, 2.05) is 0 Å². The molecule has 27 heavy (non-hydrogen) atoms. The summed E-state index contributed by atoms with van der Waals surface area (Å²) in [7, 11) is 0. The van der Waals surface area contributed by atoms with Gasteiger partial charge in [0, 0.05) is 0 Å². The van der Waals surface area contributed by atoms with Crippen molar-refractivity contribution >= 4 is 12.1 Å². The Bertz CT molecular complexity index is 781. The number of hydrogen-bond acceptors (Lipinski definition) is 3. The number of amides is 1. The van der Waals surface area contributed by atoms with Crippen LogP contribution in [0.15, 0.2) is 60.7 Å². The zero-order valence-corrected chi connectivity index (χ0v) is 14.4. The second-order valence-electron chi connectivity index (χ2n) is 5.99. The van der Waals surface area contributed by atoms with Crippen LogP contribution in [0.25, 0.3) is 0 Å². The van der Waals surface area contributed by atoms with Crippen LogP contribution in [0, 0.1) is 0 Å². The molecule has 2 aromatic rings. The Balaban J connectivity index is 2.33. The maximum Gasteiger partial charge on any atom is 0.422 e. The van der Waals surface area contributed by atoms with Crippen molar-refractivity contribution in [1.29, 1.82) is 0 Å². The number of benzene rings is 2. The van der Waals surface area contributed by atoms with E-state index in [0.717, 1.165) is 0 Å². The average molecular weight is 381 g/mol. The van der Waals surface area contributed by atoms with Gasteiger partial charge in [0.15, 0.2) is 0 Å². The number of carbonyl (C=O) groups is 2. The highest BCUT2D eigenvalue weighted by molar-refractivity contribution is 5.85. The molecule has 5 nitrogen and oxygen atoms in total. The van der Waals surface area contributed by atoms with Crippen LogP contribution < -0.4 is 0 Å². The van der Waals surface area contributed by atoms with Gasteiger partial charge in [-0.1, -0.05) is 60.7 Å². The Labute approximate surface area is 154 Å². The molecular weight excluding hydrogens is 363 g/mol. The number of carboxylic acid groups (broad SMARTS) is 1. The minimum atomic E-state index is -5.21. The maximum atomic E-state index is 13.6. The van der Waals surface area contributed by atoms with Gasteiger partial charge in [0.2, 0.25) is 5.54 Å². The quantitative estimate of drug-likeness (QED) is 0.813. The summed E-state index contributed by atoms with van der Waals surface area (Å²) in [6.45, 7) is -0.405. The molecule has 1 atom stereocenters. The third kappa shape index (κ3) is 4.58. The van der Waals surface area contributed by atoms with Crippen molar-refractivity contribution in [1.82, 2.24) is 4.90 Å². The fraction of sp³-hybridized carbons (Fsp3) is 0.263. The highest BCUT2D eigenvalue weighted by Crippen LogP contribution is 2.37. The van der Waals surface area contributed by atoms with E-state index in [1.54, 1.807) is 48.5 Å². The second-order valence-corrected chi connectivity index (χ2v) is 5.99. The van der Waals surface area contributed by atoms with Gasteiger partial charge in [-0.2, -0.15) is 13.2 Å². The van der Waals surface area contributed by atoms with E-state index in [1.165, 1.54) is 12.1 Å². The summed E-state index contributed by atoms with van der Waals surface area (Å²) in [5, 5.41) is 9.28. The van der Waals surface area contributed by atoms with Crippen molar-refractivity contribution in [2.45, 2.75) is 31.8 Å². The van der Waals surface area contributed by atoms with E-state index in [2.05, 4.69) is 0 Å². The van der Waals surface area contributed by atoms with Crippen LogP contribution in [0.4, 0.5) is 18.0 Å². The van der Waals surface area contributed by atoms with E-state index in [9.17, 15) is 27.9 Å². The molecule has 0 bridgehead atoms. The van der Waals surface area contributed by atoms with E-state index < -0.39 is 30.3 Å². The van der Waals surface area contributed by atoms with Crippen LogP contribution in [0.1, 0.15) is 18.1 Å². The summed E-state index contributed by atoms with van der Waals surface area (Å²) in [6.07, 6.45) is -6.58. The standard InChI is InChI=1S/C19H18F3NO4/c1-18(16(24)25,19(20,21)22)23(12-14-8-4-2-5-9-14)17(26)27-13-15-10-6-3-7-11-15/h2-11H,12-13H2,1H3,(H,24,25). The highest BCUT2D eigenvalue weighted by Gasteiger charge is 2.63. The third-order valence-electron chi connectivity index (χ3n) is 4.12. The van der Waals surface area contributed by atoms with Gasteiger partial charge in [-0.15, -0.1) is 0 Å². The van der Waals surface area contributed by atoms with Crippen molar-refractivity contribution in [3.63, 3.8) is 0 Å². The molecule has 0 aliphatic carbocycles. The van der Waals surface area contributed by atoms with Gasteiger partial charge in [0.05, 0.1) is 6.54 Å². The fourth-order valence-corrected chi connectivity index (χ4v) is 2.36. The smallest absolute Gasteiger partial charge is 0.422 e. The highest BCUT2D eigenvalue weighted by atomic mass is 19.4. The number of hydrogen-bond donors (Lipinski definition) is 1. The van der Waals surface area contributed by atoms with Gasteiger partial charge < -0.3 is 9.84 Å². The molecule has 0 saturated heterocycles. The summed E-state index contributed by atoms with van der Waals surface area (Å²) >= 11 is 0. The van der Waals surface area contributed by atoms with Crippen molar-refractivity contribution in [3.05, 3.63) is 71.8 Å². The second kappa shape index (κ2) is 8.11. The number of nitrogens with zero attached hydrogens (tertiary/aromatic N) is 1. The number of carbonyl (C=O) groups excluding carboxylic acids is 1. The average Bonchev–Trinajstić information content (AvgIpc) is 2.64. The first kappa shape index (κ1) is 20.3. The van der Waals surface area contributed by atoms with E-state index >= 15 is 0 Å². The lowest BCUT2D eigenvalue weighted by Gasteiger charge is -2.38. The molecule has 0 aromatic heterocycles. The van der Waals surface area contributed by atoms with E-state index in [4.69, 9.17) is 4.74 Å². The lowest BCUT2D eigenvalue weighted by atomic mass is 9.98. The Hall–Kier alpha value is -3.03. The van der Waals surface area contributed by atoms with Gasteiger partial charge in [0.25, 0.3) is 0 Å². The van der Waals surface area contributed by atoms with Crippen LogP contribution in [0.5, 0.6) is 0 Å². The monoisotopic (exact) mass is 381 g/mol. The van der Waals surface area contributed by atoms with Crippen LogP contribution in [0.3, 0.4) is 0 Å². The molecule has 144 valence electrons. The number of rotatable bonds is 6. The number of alkyl halides is 3. The number of ether oxygens (including phenoxy) is 1. The molecule has 1 unspecified atom stereocenters. The molecule has 8 heteroatoms. The summed E-state index contributed by atoms with van der Waals surface area (Å²) < 4.78 is 45.8. The molecule has 1 amide bonds. The van der Waals surface area contributed by atoms with Gasteiger partial charge >= 0.3 is 18.2 Å². The van der Waals surface area contributed by atoms with Crippen molar-refractivity contribution in [2.24, 2.45) is 0 Å². The predicted octanol–water partition coefficient (Wildman–Crippen LogP) is 4.23. The lowest BCUT2D eigenvalue weighted by molar-refractivity contribution is -0.229. The minimum Gasteiger partial charge on any atom is -0.479 e. The number of aliphatic carboxylic acids is 1. The van der Waals surface area contributed by atoms with Crippen LogP contribution in [-0.4, -0.2) is 33.8 Å². The fourth-order valence-electron chi connectivity index (χ4n) is 2.36. The molecule has 0 aliphatic heterocycles. The van der Waals surface area contributed by atoms with Crippen molar-refractivity contribution in [2.75, 3.05) is 0 Å². The minimum absolute atomic E-state index is 0.188. The lowest BCUT2D eigenvalue weighted by Crippen LogP contribution is -2.63. The topological polar surface area (TPSA) is 66.8 Å². The Morgan fingerprint density at radius 2 is 1.44 bits per heavy atom. The van der Waals surface area contributed by atoms with Crippen LogP contribution >= 0.6 is 0 Å². The van der Waals surface area contributed by atoms with Crippen molar-refractivity contribution in [3.8, 4) is 0 Å². The van der Waals surface area contributed by atoms with E-state index in [-0.39, 0.29) is 11.5 Å². The Morgan fingerprint density at radius 3 is 1.89 bits per heavy atom. The van der Waals surface area contributed by atoms with Gasteiger partial charge in [0.1, 0.15) is 6.61 Å². The third-order valence-corrected chi connectivity index (χ3v) is 4.12. The molecule has 0 fully saturated rings. The molecule has 1 N–H and O–H groups in total. The predicted molar refractivity (Wildman–Crippen MR) is 90.7 cm³/mol. The largest absolute Gasteiger partial charge is 0.479 e. The first-order valence-corrected chi connectivity index (χ1v) is 7.98.